The number of thioether (sulfide) groups is 1. The van der Waals surface area contributed by atoms with Crippen LogP contribution in [-0.4, -0.2) is 18.1 Å². The van der Waals surface area contributed by atoms with Crippen molar-refractivity contribution in [3.05, 3.63) is 10.6 Å². The second-order valence-electron chi connectivity index (χ2n) is 3.51. The van der Waals surface area contributed by atoms with E-state index >= 15 is 0 Å². The van der Waals surface area contributed by atoms with Crippen LogP contribution in [0.5, 0.6) is 0 Å². The molecule has 2 aliphatic rings. The van der Waals surface area contributed by atoms with Crippen molar-refractivity contribution >= 4 is 17.5 Å². The van der Waals surface area contributed by atoms with Crippen molar-refractivity contribution in [1.82, 2.24) is 5.32 Å². The molecule has 0 amide bonds. The molecule has 0 aromatic rings. The molecule has 0 radical (unpaired) electrons. The molecule has 0 saturated carbocycles. The van der Waals surface area contributed by atoms with Crippen LogP contribution in [-0.2, 0) is 4.79 Å². The van der Waals surface area contributed by atoms with Gasteiger partial charge in [0.05, 0.1) is 5.70 Å². The second kappa shape index (κ2) is 3.13. The first-order chi connectivity index (χ1) is 5.77. The zero-order valence-electron chi connectivity index (χ0n) is 7.22. The topological polar surface area (TPSA) is 29.1 Å². The van der Waals surface area contributed by atoms with Gasteiger partial charge in [0.1, 0.15) is 0 Å². The molecule has 2 rings (SSSR count). The number of Topliss-reactive ketones (excluding diaryl/α,β-unsaturated/α-hetero) is 1. The summed E-state index contributed by atoms with van der Waals surface area (Å²) in [6.07, 6.45) is 1.82. The summed E-state index contributed by atoms with van der Waals surface area (Å²) < 4.78 is 0. The number of carbonyl (C=O) groups excluding carboxylic acids is 1. The lowest BCUT2D eigenvalue weighted by Gasteiger charge is -2.27. The Morgan fingerprint density at radius 2 is 2.33 bits per heavy atom. The lowest BCUT2D eigenvalue weighted by atomic mass is 9.93. The maximum Gasteiger partial charge on any atom is 0.179 e. The molecule has 0 aromatic heterocycles. The summed E-state index contributed by atoms with van der Waals surface area (Å²) in [5.74, 6) is 1.97. The van der Waals surface area contributed by atoms with Crippen LogP contribution in [0, 0.1) is 5.92 Å². The van der Waals surface area contributed by atoms with Crippen LogP contribution in [0.1, 0.15) is 19.8 Å². The first kappa shape index (κ1) is 8.17. The third-order valence-electron chi connectivity index (χ3n) is 2.31. The minimum atomic E-state index is 0.316. The lowest BCUT2D eigenvalue weighted by molar-refractivity contribution is -0.117. The largest absolute Gasteiger partial charge is 0.381 e. The Morgan fingerprint density at radius 1 is 1.50 bits per heavy atom. The Hall–Kier alpha value is -0.440. The fraction of sp³-hybridized carbons (Fsp3) is 0.667. The van der Waals surface area contributed by atoms with Crippen molar-refractivity contribution in [2.45, 2.75) is 19.8 Å². The van der Waals surface area contributed by atoms with E-state index in [4.69, 9.17) is 0 Å². The van der Waals surface area contributed by atoms with Crippen molar-refractivity contribution in [2.75, 3.05) is 12.3 Å². The van der Waals surface area contributed by atoms with Gasteiger partial charge in [-0.2, -0.15) is 0 Å². The van der Waals surface area contributed by atoms with Gasteiger partial charge in [0.2, 0.25) is 0 Å². The summed E-state index contributed by atoms with van der Waals surface area (Å²) in [5, 5.41) is 3.20. The van der Waals surface area contributed by atoms with E-state index in [9.17, 15) is 4.79 Å². The van der Waals surface area contributed by atoms with Crippen molar-refractivity contribution in [1.29, 1.82) is 0 Å². The van der Waals surface area contributed by atoms with Crippen LogP contribution < -0.4 is 5.32 Å². The van der Waals surface area contributed by atoms with E-state index in [1.54, 1.807) is 0 Å². The lowest BCUT2D eigenvalue weighted by Crippen LogP contribution is -2.31. The zero-order valence-corrected chi connectivity index (χ0v) is 8.04. The number of hydrogen-bond acceptors (Lipinski definition) is 3. The monoisotopic (exact) mass is 183 g/mol. The first-order valence-electron chi connectivity index (χ1n) is 4.40. The molecule has 3 heteroatoms. The molecule has 0 bridgehead atoms. The van der Waals surface area contributed by atoms with Gasteiger partial charge >= 0.3 is 0 Å². The molecule has 1 aliphatic carbocycles. The van der Waals surface area contributed by atoms with Gasteiger partial charge in [-0.25, -0.2) is 0 Å². The van der Waals surface area contributed by atoms with E-state index in [1.165, 1.54) is 4.91 Å². The summed E-state index contributed by atoms with van der Waals surface area (Å²) in [6, 6.07) is 0. The third-order valence-corrected chi connectivity index (χ3v) is 3.43. The number of ketones is 1. The van der Waals surface area contributed by atoms with Crippen LogP contribution in [0.2, 0.25) is 0 Å². The number of nitrogens with one attached hydrogen (secondary N) is 1. The smallest absolute Gasteiger partial charge is 0.179 e. The molecule has 1 aliphatic heterocycles. The predicted molar refractivity (Wildman–Crippen MR) is 50.9 cm³/mol. The molecular formula is C9H13NOS. The Balaban J connectivity index is 2.26. The van der Waals surface area contributed by atoms with Crippen molar-refractivity contribution in [3.8, 4) is 0 Å². The second-order valence-corrected chi connectivity index (χ2v) is 4.70. The molecule has 2 nitrogen and oxygen atoms in total. The number of rotatable bonds is 0. The Morgan fingerprint density at radius 3 is 3.17 bits per heavy atom. The van der Waals surface area contributed by atoms with Gasteiger partial charge in [0, 0.05) is 23.6 Å². The van der Waals surface area contributed by atoms with Crippen LogP contribution in [0.4, 0.5) is 0 Å². The minimum absolute atomic E-state index is 0.316. The standard InChI is InChI=1S/C9H13NOS/c1-6-4-7(11)9-8(5-6)12-3-2-10-9/h6,10H,2-5H2,1H3. The van der Waals surface area contributed by atoms with Crippen molar-refractivity contribution < 1.29 is 4.79 Å². The molecule has 0 fully saturated rings. The molecule has 0 aromatic carbocycles. The molecule has 1 unspecified atom stereocenters. The molecule has 1 N–H and O–H groups in total. The predicted octanol–water partition coefficient (Wildman–Crippen LogP) is 1.53. The quantitative estimate of drug-likeness (QED) is 0.617. The maximum absolute atomic E-state index is 11.5. The molecule has 0 saturated heterocycles. The Bertz CT molecular complexity index is 247. The number of hydrogen-bond donors (Lipinski definition) is 1. The summed E-state index contributed by atoms with van der Waals surface area (Å²) in [7, 11) is 0. The fourth-order valence-corrected chi connectivity index (χ4v) is 2.93. The molecule has 0 spiro atoms. The highest BCUT2D eigenvalue weighted by Gasteiger charge is 2.26. The normalized spacial score (nSPS) is 29.8. The summed E-state index contributed by atoms with van der Waals surface area (Å²) >= 11 is 1.85. The van der Waals surface area contributed by atoms with Gasteiger partial charge < -0.3 is 5.32 Å². The third kappa shape index (κ3) is 1.38. The van der Waals surface area contributed by atoms with Gasteiger partial charge in [-0.05, 0) is 12.3 Å². The Kier molecular flexibility index (Phi) is 2.13. The van der Waals surface area contributed by atoms with E-state index in [-0.39, 0.29) is 0 Å². The van der Waals surface area contributed by atoms with E-state index in [0.29, 0.717) is 11.7 Å². The molecule has 12 heavy (non-hydrogen) atoms. The van der Waals surface area contributed by atoms with Gasteiger partial charge in [-0.15, -0.1) is 11.8 Å². The fourth-order valence-electron chi connectivity index (χ4n) is 1.74. The highest BCUT2D eigenvalue weighted by Crippen LogP contribution is 2.34. The molecular weight excluding hydrogens is 170 g/mol. The molecule has 1 atom stereocenters. The molecule has 66 valence electrons. The maximum atomic E-state index is 11.5. The highest BCUT2D eigenvalue weighted by atomic mass is 32.2. The zero-order chi connectivity index (χ0) is 8.55. The van der Waals surface area contributed by atoms with Gasteiger partial charge in [-0.1, -0.05) is 6.92 Å². The van der Waals surface area contributed by atoms with Gasteiger partial charge in [0.25, 0.3) is 0 Å². The van der Waals surface area contributed by atoms with Crippen molar-refractivity contribution in [3.63, 3.8) is 0 Å². The van der Waals surface area contributed by atoms with E-state index in [2.05, 4.69) is 12.2 Å². The van der Waals surface area contributed by atoms with Crippen LogP contribution in [0.3, 0.4) is 0 Å². The molecule has 1 heterocycles. The first-order valence-corrected chi connectivity index (χ1v) is 5.39. The van der Waals surface area contributed by atoms with Crippen LogP contribution >= 0.6 is 11.8 Å². The average Bonchev–Trinajstić information content (AvgIpc) is 2.04. The summed E-state index contributed by atoms with van der Waals surface area (Å²) in [5.41, 5.74) is 0.921. The van der Waals surface area contributed by atoms with Gasteiger partial charge in [0.15, 0.2) is 5.78 Å². The minimum Gasteiger partial charge on any atom is -0.381 e. The summed E-state index contributed by atoms with van der Waals surface area (Å²) in [4.78, 5) is 12.8. The number of allylic oxidation sites excluding steroid dienone is 2. The summed E-state index contributed by atoms with van der Waals surface area (Å²) in [6.45, 7) is 3.10. The van der Waals surface area contributed by atoms with E-state index in [0.717, 1.165) is 30.8 Å². The van der Waals surface area contributed by atoms with Gasteiger partial charge in [-0.3, -0.25) is 4.79 Å². The SMILES string of the molecule is CC1CC(=O)C2=C(C1)SCCN2. The van der Waals surface area contributed by atoms with E-state index < -0.39 is 0 Å². The van der Waals surface area contributed by atoms with Crippen LogP contribution in [0.25, 0.3) is 0 Å². The highest BCUT2D eigenvalue weighted by molar-refractivity contribution is 8.03. The number of carbonyl (C=O) groups is 1. The average molecular weight is 183 g/mol. The van der Waals surface area contributed by atoms with Crippen LogP contribution in [0.15, 0.2) is 10.6 Å². The Labute approximate surface area is 76.8 Å². The van der Waals surface area contributed by atoms with Crippen molar-refractivity contribution in [2.24, 2.45) is 5.92 Å². The van der Waals surface area contributed by atoms with E-state index in [1.807, 2.05) is 11.8 Å².